The van der Waals surface area contributed by atoms with E-state index in [1.165, 1.54) is 0 Å². The van der Waals surface area contributed by atoms with Gasteiger partial charge >= 0.3 is 6.03 Å². The molecule has 0 heterocycles. The van der Waals surface area contributed by atoms with Crippen LogP contribution >= 0.6 is 24.0 Å². The summed E-state index contributed by atoms with van der Waals surface area (Å²) in [6.45, 7) is 8.76. The van der Waals surface area contributed by atoms with Crippen molar-refractivity contribution in [2.75, 3.05) is 19.6 Å². The summed E-state index contributed by atoms with van der Waals surface area (Å²) in [5.41, 5.74) is 0. The number of carbonyl (C=O) groups is 1. The van der Waals surface area contributed by atoms with Gasteiger partial charge in [-0.25, -0.2) is 4.79 Å². The van der Waals surface area contributed by atoms with E-state index < -0.39 is 0 Å². The second-order valence-corrected chi connectivity index (χ2v) is 3.22. The maximum absolute atomic E-state index is 11.5. The molecule has 3 nitrogen and oxygen atoms in total. The third-order valence-electron chi connectivity index (χ3n) is 1.80. The highest BCUT2D eigenvalue weighted by Crippen LogP contribution is 1.94. The Morgan fingerprint density at radius 2 is 1.57 bits per heavy atom. The van der Waals surface area contributed by atoms with Crippen LogP contribution in [0.1, 0.15) is 40.0 Å². The number of rotatable bonds is 6. The van der Waals surface area contributed by atoms with Gasteiger partial charge in [0.1, 0.15) is 0 Å². The number of halogens is 1. The first kappa shape index (κ1) is 16.4. The van der Waals surface area contributed by atoms with Gasteiger partial charge in [0.25, 0.3) is 0 Å². The zero-order chi connectivity index (χ0) is 10.1. The zero-order valence-corrected chi connectivity index (χ0v) is 11.8. The van der Waals surface area contributed by atoms with Crippen molar-refractivity contribution in [3.8, 4) is 0 Å². The molecule has 0 atom stereocenters. The van der Waals surface area contributed by atoms with Gasteiger partial charge < -0.3 is 10.2 Å². The topological polar surface area (TPSA) is 32.3 Å². The van der Waals surface area contributed by atoms with Crippen molar-refractivity contribution in [3.05, 3.63) is 0 Å². The van der Waals surface area contributed by atoms with Crippen molar-refractivity contribution in [2.24, 2.45) is 0 Å². The lowest BCUT2D eigenvalue weighted by Gasteiger charge is -2.21. The van der Waals surface area contributed by atoms with Gasteiger partial charge in [0, 0.05) is 19.6 Å². The minimum absolute atomic E-state index is 0. The van der Waals surface area contributed by atoms with Gasteiger partial charge in [0.2, 0.25) is 0 Å². The molecule has 0 aromatic heterocycles. The standard InChI is InChI=1S/C10H22N2O.HI/c1-4-7-11-10(13)12(8-5-2)9-6-3;/h4-9H2,1-3H3,(H,11,13);1H. The Bertz CT molecular complexity index is 136. The molecule has 0 spiro atoms. The van der Waals surface area contributed by atoms with Crippen LogP contribution in [-0.2, 0) is 0 Å². The number of carbonyl (C=O) groups excluding carboxylic acids is 1. The molecule has 0 aliphatic rings. The van der Waals surface area contributed by atoms with Crippen LogP contribution < -0.4 is 5.32 Å². The fraction of sp³-hybridized carbons (Fsp3) is 0.900. The van der Waals surface area contributed by atoms with Crippen LogP contribution in [0.2, 0.25) is 0 Å². The molecule has 0 aromatic carbocycles. The molecule has 0 radical (unpaired) electrons. The number of nitrogens with zero attached hydrogens (tertiary/aromatic N) is 1. The van der Waals surface area contributed by atoms with Crippen molar-refractivity contribution < 1.29 is 4.79 Å². The number of amides is 2. The highest BCUT2D eigenvalue weighted by Gasteiger charge is 2.09. The average molecular weight is 314 g/mol. The van der Waals surface area contributed by atoms with Gasteiger partial charge in [-0.3, -0.25) is 0 Å². The van der Waals surface area contributed by atoms with E-state index in [1.807, 2.05) is 4.90 Å². The smallest absolute Gasteiger partial charge is 0.317 e. The molecule has 0 unspecified atom stereocenters. The molecule has 14 heavy (non-hydrogen) atoms. The predicted octanol–water partition coefficient (Wildman–Crippen LogP) is 2.85. The van der Waals surface area contributed by atoms with Crippen LogP contribution in [0.3, 0.4) is 0 Å². The molecule has 2 amide bonds. The summed E-state index contributed by atoms with van der Waals surface area (Å²) in [6.07, 6.45) is 3.05. The molecular weight excluding hydrogens is 291 g/mol. The summed E-state index contributed by atoms with van der Waals surface area (Å²) in [5.74, 6) is 0. The van der Waals surface area contributed by atoms with E-state index in [-0.39, 0.29) is 30.0 Å². The van der Waals surface area contributed by atoms with Crippen molar-refractivity contribution in [1.29, 1.82) is 0 Å². The molecule has 0 aliphatic heterocycles. The predicted molar refractivity (Wildman–Crippen MR) is 71.3 cm³/mol. The number of hydrogen-bond donors (Lipinski definition) is 1. The Balaban J connectivity index is 0. The average Bonchev–Trinajstić information content (AvgIpc) is 2.14. The third kappa shape index (κ3) is 7.41. The monoisotopic (exact) mass is 314 g/mol. The van der Waals surface area contributed by atoms with Crippen LogP contribution in [0.15, 0.2) is 0 Å². The minimum atomic E-state index is 0. The van der Waals surface area contributed by atoms with E-state index in [0.29, 0.717) is 0 Å². The summed E-state index contributed by atoms with van der Waals surface area (Å²) in [4.78, 5) is 13.4. The van der Waals surface area contributed by atoms with Crippen LogP contribution in [0.4, 0.5) is 4.79 Å². The first-order valence-corrected chi connectivity index (χ1v) is 5.29. The Hall–Kier alpha value is 0. The quantitative estimate of drug-likeness (QED) is 0.751. The molecule has 0 bridgehead atoms. The normalized spacial score (nSPS) is 9.07. The highest BCUT2D eigenvalue weighted by molar-refractivity contribution is 14.0. The Morgan fingerprint density at radius 1 is 1.07 bits per heavy atom. The molecule has 86 valence electrons. The Labute approximate surface area is 105 Å². The lowest BCUT2D eigenvalue weighted by atomic mass is 10.3. The summed E-state index contributed by atoms with van der Waals surface area (Å²) < 4.78 is 0. The molecule has 0 fully saturated rings. The van der Waals surface area contributed by atoms with Crippen molar-refractivity contribution >= 4 is 30.0 Å². The molecular formula is C10H23IN2O. The molecule has 0 aliphatic carbocycles. The van der Waals surface area contributed by atoms with Crippen LogP contribution in [0.25, 0.3) is 0 Å². The second-order valence-electron chi connectivity index (χ2n) is 3.22. The van der Waals surface area contributed by atoms with Gasteiger partial charge in [0.15, 0.2) is 0 Å². The molecule has 1 N–H and O–H groups in total. The van der Waals surface area contributed by atoms with Crippen LogP contribution in [-0.4, -0.2) is 30.6 Å². The fourth-order valence-corrected chi connectivity index (χ4v) is 1.20. The zero-order valence-electron chi connectivity index (χ0n) is 9.51. The van der Waals surface area contributed by atoms with Gasteiger partial charge in [-0.1, -0.05) is 20.8 Å². The second kappa shape index (κ2) is 11.1. The van der Waals surface area contributed by atoms with Crippen LogP contribution in [0, 0.1) is 0 Å². The largest absolute Gasteiger partial charge is 0.338 e. The van der Waals surface area contributed by atoms with Gasteiger partial charge in [0.05, 0.1) is 0 Å². The van der Waals surface area contributed by atoms with Gasteiger partial charge in [-0.2, -0.15) is 0 Å². The minimum Gasteiger partial charge on any atom is -0.338 e. The number of hydrogen-bond acceptors (Lipinski definition) is 1. The van der Waals surface area contributed by atoms with Gasteiger partial charge in [-0.05, 0) is 19.3 Å². The molecule has 4 heteroatoms. The van der Waals surface area contributed by atoms with E-state index in [1.54, 1.807) is 0 Å². The SMILES string of the molecule is CCCNC(=O)N(CCC)CCC.I. The van der Waals surface area contributed by atoms with E-state index in [0.717, 1.165) is 38.9 Å². The highest BCUT2D eigenvalue weighted by atomic mass is 127. The molecule has 0 saturated carbocycles. The summed E-state index contributed by atoms with van der Waals surface area (Å²) in [7, 11) is 0. The van der Waals surface area contributed by atoms with Crippen molar-refractivity contribution in [3.63, 3.8) is 0 Å². The summed E-state index contributed by atoms with van der Waals surface area (Å²) >= 11 is 0. The molecule has 0 saturated heterocycles. The van der Waals surface area contributed by atoms with E-state index in [9.17, 15) is 4.79 Å². The first-order valence-electron chi connectivity index (χ1n) is 5.29. The number of urea groups is 1. The van der Waals surface area contributed by atoms with Crippen LogP contribution in [0.5, 0.6) is 0 Å². The lowest BCUT2D eigenvalue weighted by molar-refractivity contribution is 0.198. The Morgan fingerprint density at radius 3 is 1.93 bits per heavy atom. The summed E-state index contributed by atoms with van der Waals surface area (Å²) in [5, 5.41) is 2.89. The number of nitrogens with one attached hydrogen (secondary N) is 1. The molecule has 0 aromatic rings. The Kier molecular flexibility index (Phi) is 13.0. The fourth-order valence-electron chi connectivity index (χ4n) is 1.20. The third-order valence-corrected chi connectivity index (χ3v) is 1.80. The summed E-state index contributed by atoms with van der Waals surface area (Å²) in [6, 6.07) is 0.0885. The van der Waals surface area contributed by atoms with E-state index in [4.69, 9.17) is 0 Å². The van der Waals surface area contributed by atoms with Crippen molar-refractivity contribution in [2.45, 2.75) is 40.0 Å². The molecule has 0 rings (SSSR count). The van der Waals surface area contributed by atoms with E-state index >= 15 is 0 Å². The first-order chi connectivity index (χ1) is 6.26. The maximum atomic E-state index is 11.5. The maximum Gasteiger partial charge on any atom is 0.317 e. The van der Waals surface area contributed by atoms with Gasteiger partial charge in [-0.15, -0.1) is 24.0 Å². The van der Waals surface area contributed by atoms with Crippen molar-refractivity contribution in [1.82, 2.24) is 10.2 Å². The lowest BCUT2D eigenvalue weighted by Crippen LogP contribution is -2.41. The van der Waals surface area contributed by atoms with E-state index in [2.05, 4.69) is 26.1 Å².